The van der Waals surface area contributed by atoms with Gasteiger partial charge in [-0.15, -0.1) is 0 Å². The maximum absolute atomic E-state index is 12.0. The van der Waals surface area contributed by atoms with Crippen LogP contribution in [-0.2, 0) is 9.53 Å². The van der Waals surface area contributed by atoms with E-state index in [0.29, 0.717) is 0 Å². The van der Waals surface area contributed by atoms with E-state index in [4.69, 9.17) is 0 Å². The Bertz CT molecular complexity index is 142. The second-order valence-corrected chi connectivity index (χ2v) is 3.37. The molecule has 0 aliphatic heterocycles. The van der Waals surface area contributed by atoms with Crippen molar-refractivity contribution in [1.82, 2.24) is 0 Å². The number of esters is 1. The molecule has 0 heterocycles. The summed E-state index contributed by atoms with van der Waals surface area (Å²) in [5.41, 5.74) is -3.01. The molecule has 0 bridgehead atoms. The van der Waals surface area contributed by atoms with Gasteiger partial charge in [-0.25, -0.2) is 0 Å². The lowest BCUT2D eigenvalue weighted by Crippen LogP contribution is -2.21. The normalized spacial score (nSPS) is 11.8. The van der Waals surface area contributed by atoms with Crippen molar-refractivity contribution in [3.8, 4) is 0 Å². The molecule has 0 aliphatic rings. The van der Waals surface area contributed by atoms with Crippen LogP contribution in [0.5, 0.6) is 0 Å². The van der Waals surface area contributed by atoms with Crippen molar-refractivity contribution in [2.24, 2.45) is 5.92 Å². The monoisotopic (exact) mass is 184 g/mol. The number of alkyl halides is 2. The highest BCUT2D eigenvalue weighted by atomic mass is 31.0. The van der Waals surface area contributed by atoms with Gasteiger partial charge in [-0.1, -0.05) is 23.1 Å². The van der Waals surface area contributed by atoms with Gasteiger partial charge in [-0.2, -0.15) is 8.78 Å². The molecular formula is C6H11F2O2P. The van der Waals surface area contributed by atoms with E-state index in [1.807, 2.05) is 0 Å². The van der Waals surface area contributed by atoms with Crippen molar-refractivity contribution in [3.63, 3.8) is 0 Å². The third kappa shape index (κ3) is 6.17. The number of rotatable bonds is 3. The zero-order chi connectivity index (χ0) is 9.07. The maximum Gasteiger partial charge on any atom is 0.308 e. The first-order valence-corrected chi connectivity index (χ1v) is 3.74. The van der Waals surface area contributed by atoms with E-state index in [-0.39, 0.29) is 5.92 Å². The summed E-state index contributed by atoms with van der Waals surface area (Å²) in [4.78, 5) is 10.6. The molecular weight excluding hydrogens is 173 g/mol. The quantitative estimate of drug-likeness (QED) is 0.492. The van der Waals surface area contributed by atoms with Crippen LogP contribution in [0.15, 0.2) is 0 Å². The lowest BCUT2D eigenvalue weighted by molar-refractivity contribution is -0.152. The van der Waals surface area contributed by atoms with Crippen LogP contribution < -0.4 is 0 Å². The molecule has 0 fully saturated rings. The Morgan fingerprint density at radius 1 is 1.64 bits per heavy atom. The van der Waals surface area contributed by atoms with Crippen LogP contribution in [0.4, 0.5) is 8.78 Å². The fraction of sp³-hybridized carbons (Fsp3) is 0.833. The fourth-order valence-corrected chi connectivity index (χ4v) is 0.417. The molecule has 1 atom stereocenters. The van der Waals surface area contributed by atoms with Crippen LogP contribution in [0.1, 0.15) is 13.8 Å². The second-order valence-electron chi connectivity index (χ2n) is 2.52. The van der Waals surface area contributed by atoms with Crippen molar-refractivity contribution >= 4 is 15.2 Å². The lowest BCUT2D eigenvalue weighted by Gasteiger charge is -2.11. The molecule has 0 radical (unpaired) electrons. The zero-order valence-corrected chi connectivity index (χ0v) is 7.59. The molecule has 2 nitrogen and oxygen atoms in total. The van der Waals surface area contributed by atoms with Crippen LogP contribution in [0.3, 0.4) is 0 Å². The summed E-state index contributed by atoms with van der Waals surface area (Å²) in [7, 11) is 1.30. The maximum atomic E-state index is 12.0. The van der Waals surface area contributed by atoms with Crippen LogP contribution in [0, 0.1) is 5.92 Å². The minimum absolute atomic E-state index is 0.359. The Morgan fingerprint density at radius 2 is 2.09 bits per heavy atom. The van der Waals surface area contributed by atoms with Gasteiger partial charge in [0.15, 0.2) is 6.61 Å². The number of carbonyl (C=O) groups excluding carboxylic acids is 1. The van der Waals surface area contributed by atoms with Crippen molar-refractivity contribution in [3.05, 3.63) is 0 Å². The van der Waals surface area contributed by atoms with Gasteiger partial charge in [0.25, 0.3) is 5.66 Å². The molecule has 5 heteroatoms. The molecule has 66 valence electrons. The Balaban J connectivity index is 3.64. The molecule has 0 spiro atoms. The summed E-state index contributed by atoms with van der Waals surface area (Å²) in [5, 5.41) is 0. The van der Waals surface area contributed by atoms with E-state index in [1.165, 1.54) is 9.24 Å². The average Bonchev–Trinajstić information content (AvgIpc) is 1.80. The van der Waals surface area contributed by atoms with Crippen LogP contribution in [0.25, 0.3) is 0 Å². The van der Waals surface area contributed by atoms with Gasteiger partial charge in [0, 0.05) is 0 Å². The van der Waals surface area contributed by atoms with Gasteiger partial charge in [0.1, 0.15) is 0 Å². The summed E-state index contributed by atoms with van der Waals surface area (Å²) in [6.45, 7) is 2.31. The lowest BCUT2D eigenvalue weighted by atomic mass is 10.2. The first-order chi connectivity index (χ1) is 4.83. The molecule has 0 aromatic heterocycles. The summed E-state index contributed by atoms with van der Waals surface area (Å²) >= 11 is 0. The molecule has 0 N–H and O–H groups in total. The van der Waals surface area contributed by atoms with Crippen molar-refractivity contribution < 1.29 is 18.3 Å². The highest BCUT2D eigenvalue weighted by Crippen LogP contribution is 2.22. The SMILES string of the molecule is CC(C)C(=O)OCC(F)(F)P. The summed E-state index contributed by atoms with van der Waals surface area (Å²) < 4.78 is 28.3. The molecule has 0 aliphatic carbocycles. The van der Waals surface area contributed by atoms with Gasteiger partial charge in [0.05, 0.1) is 5.92 Å². The highest BCUT2D eigenvalue weighted by Gasteiger charge is 2.24. The van der Waals surface area contributed by atoms with Crippen molar-refractivity contribution in [2.45, 2.75) is 19.5 Å². The molecule has 1 unspecified atom stereocenters. The fourth-order valence-electron chi connectivity index (χ4n) is 0.334. The zero-order valence-electron chi connectivity index (χ0n) is 6.43. The van der Waals surface area contributed by atoms with E-state index in [1.54, 1.807) is 13.8 Å². The third-order valence-corrected chi connectivity index (χ3v) is 1.04. The van der Waals surface area contributed by atoms with E-state index in [9.17, 15) is 13.6 Å². The smallest absolute Gasteiger partial charge is 0.308 e. The van der Waals surface area contributed by atoms with E-state index < -0.39 is 18.2 Å². The minimum atomic E-state index is -3.01. The van der Waals surface area contributed by atoms with Gasteiger partial charge >= 0.3 is 5.97 Å². The largest absolute Gasteiger partial charge is 0.459 e. The van der Waals surface area contributed by atoms with Crippen LogP contribution in [-0.4, -0.2) is 18.2 Å². The Kier molecular flexibility index (Phi) is 3.87. The van der Waals surface area contributed by atoms with E-state index >= 15 is 0 Å². The van der Waals surface area contributed by atoms with Gasteiger partial charge in [0.2, 0.25) is 0 Å². The van der Waals surface area contributed by atoms with E-state index in [2.05, 4.69) is 4.74 Å². The standard InChI is InChI=1S/C6H11F2O2P/c1-4(2)5(9)10-3-6(7,8)11/h4H,3,11H2,1-2H3. The molecule has 0 saturated heterocycles. The molecule has 0 aromatic carbocycles. The summed E-state index contributed by atoms with van der Waals surface area (Å²) in [5.74, 6) is -0.963. The Labute approximate surface area is 66.5 Å². The number of halogens is 2. The number of hydrogen-bond donors (Lipinski definition) is 0. The highest BCUT2D eigenvalue weighted by molar-refractivity contribution is 7.18. The molecule has 11 heavy (non-hydrogen) atoms. The molecule has 0 rings (SSSR count). The number of carbonyl (C=O) groups is 1. The Morgan fingerprint density at radius 3 is 2.36 bits per heavy atom. The Hall–Kier alpha value is -0.240. The molecule has 0 aromatic rings. The average molecular weight is 184 g/mol. The van der Waals surface area contributed by atoms with Crippen molar-refractivity contribution in [1.29, 1.82) is 0 Å². The van der Waals surface area contributed by atoms with E-state index in [0.717, 1.165) is 0 Å². The van der Waals surface area contributed by atoms with Gasteiger partial charge in [-0.05, 0) is 0 Å². The number of hydrogen-bond acceptors (Lipinski definition) is 2. The predicted octanol–water partition coefficient (Wildman–Crippen LogP) is 1.65. The predicted molar refractivity (Wildman–Crippen MR) is 40.5 cm³/mol. The van der Waals surface area contributed by atoms with Gasteiger partial charge < -0.3 is 4.74 Å². The molecule has 0 amide bonds. The number of ether oxygens (including phenoxy) is 1. The minimum Gasteiger partial charge on any atom is -0.459 e. The first-order valence-electron chi connectivity index (χ1n) is 3.16. The first kappa shape index (κ1) is 10.8. The molecule has 0 saturated carbocycles. The van der Waals surface area contributed by atoms with Crippen LogP contribution >= 0.6 is 9.24 Å². The van der Waals surface area contributed by atoms with Gasteiger partial charge in [-0.3, -0.25) is 4.79 Å². The van der Waals surface area contributed by atoms with Crippen molar-refractivity contribution in [2.75, 3.05) is 6.61 Å². The summed E-state index contributed by atoms with van der Waals surface area (Å²) in [6.07, 6.45) is 0. The third-order valence-electron chi connectivity index (χ3n) is 0.878. The second kappa shape index (κ2) is 3.96. The summed E-state index contributed by atoms with van der Waals surface area (Å²) in [6, 6.07) is 0. The van der Waals surface area contributed by atoms with Crippen LogP contribution in [0.2, 0.25) is 0 Å². The topological polar surface area (TPSA) is 26.3 Å².